The molecule has 0 spiro atoms. The van der Waals surface area contributed by atoms with Gasteiger partial charge in [0, 0.05) is 0 Å². The molecule has 2 fully saturated rings. The van der Waals surface area contributed by atoms with Crippen LogP contribution in [0.4, 0.5) is 0 Å². The van der Waals surface area contributed by atoms with Crippen LogP contribution in [0.3, 0.4) is 0 Å². The van der Waals surface area contributed by atoms with Gasteiger partial charge < -0.3 is 14.8 Å². The van der Waals surface area contributed by atoms with E-state index in [1.54, 1.807) is 14.2 Å². The van der Waals surface area contributed by atoms with Crippen LogP contribution in [0.1, 0.15) is 11.5 Å². The minimum absolute atomic E-state index is 0.737. The van der Waals surface area contributed by atoms with Gasteiger partial charge in [-0.15, -0.1) is 0 Å². The largest absolute Gasteiger partial charge is 0.493 e. The van der Waals surface area contributed by atoms with Crippen LogP contribution in [0.5, 0.6) is 11.5 Å². The van der Waals surface area contributed by atoms with Gasteiger partial charge in [-0.05, 0) is 48.5 Å². The molecular weight excluding hydrogens is 202 g/mol. The Labute approximate surface area is 95.8 Å². The number of rotatable bonds is 3. The van der Waals surface area contributed by atoms with Crippen molar-refractivity contribution < 1.29 is 9.47 Å². The van der Waals surface area contributed by atoms with Gasteiger partial charge in [-0.3, -0.25) is 0 Å². The van der Waals surface area contributed by atoms with E-state index in [9.17, 15) is 0 Å². The molecule has 1 N–H and O–H groups in total. The lowest BCUT2D eigenvalue weighted by Crippen LogP contribution is -2.14. The Morgan fingerprint density at radius 3 is 2.38 bits per heavy atom. The number of methoxy groups -OCH3 is 2. The zero-order chi connectivity index (χ0) is 11.1. The van der Waals surface area contributed by atoms with Crippen LogP contribution in [-0.4, -0.2) is 27.3 Å². The first-order valence-electron chi connectivity index (χ1n) is 5.78. The SMILES string of the molecule is COc1ccc(C2C3CNCC32)cc1OC. The molecule has 0 aromatic heterocycles. The highest BCUT2D eigenvalue weighted by Gasteiger charge is 2.53. The van der Waals surface area contributed by atoms with Crippen molar-refractivity contribution in [1.82, 2.24) is 5.32 Å². The second kappa shape index (κ2) is 3.67. The predicted molar refractivity (Wildman–Crippen MR) is 62.1 cm³/mol. The summed E-state index contributed by atoms with van der Waals surface area (Å²) in [6.45, 7) is 2.34. The number of hydrogen-bond donors (Lipinski definition) is 1. The van der Waals surface area contributed by atoms with Crippen molar-refractivity contribution in [1.29, 1.82) is 0 Å². The molecule has 1 aromatic carbocycles. The average molecular weight is 219 g/mol. The number of fused-ring (bicyclic) bond motifs is 1. The normalized spacial score (nSPS) is 31.0. The molecule has 0 radical (unpaired) electrons. The van der Waals surface area contributed by atoms with Gasteiger partial charge >= 0.3 is 0 Å². The van der Waals surface area contributed by atoms with Gasteiger partial charge in [0.1, 0.15) is 0 Å². The molecule has 2 atom stereocenters. The average Bonchev–Trinajstić information content (AvgIpc) is 2.81. The molecule has 3 rings (SSSR count). The van der Waals surface area contributed by atoms with Crippen molar-refractivity contribution in [2.75, 3.05) is 27.3 Å². The van der Waals surface area contributed by atoms with Crippen molar-refractivity contribution in [2.24, 2.45) is 11.8 Å². The summed E-state index contributed by atoms with van der Waals surface area (Å²) in [6.07, 6.45) is 0. The van der Waals surface area contributed by atoms with Crippen LogP contribution < -0.4 is 14.8 Å². The van der Waals surface area contributed by atoms with Gasteiger partial charge in [0.05, 0.1) is 14.2 Å². The van der Waals surface area contributed by atoms with Crippen molar-refractivity contribution in [3.8, 4) is 11.5 Å². The van der Waals surface area contributed by atoms with E-state index in [1.165, 1.54) is 18.7 Å². The Hall–Kier alpha value is -1.22. The summed E-state index contributed by atoms with van der Waals surface area (Å²) >= 11 is 0. The molecule has 1 heterocycles. The standard InChI is InChI=1S/C13H17NO2/c1-15-11-4-3-8(5-12(11)16-2)13-9-6-14-7-10(9)13/h3-5,9-10,13-14H,6-7H2,1-2H3. The first-order chi connectivity index (χ1) is 7.85. The Morgan fingerprint density at radius 2 is 1.75 bits per heavy atom. The van der Waals surface area contributed by atoms with Gasteiger partial charge in [-0.25, -0.2) is 0 Å². The molecule has 1 aromatic rings. The maximum atomic E-state index is 5.34. The molecule has 0 bridgehead atoms. The minimum atomic E-state index is 0.737. The van der Waals surface area contributed by atoms with Gasteiger partial charge in [0.25, 0.3) is 0 Å². The van der Waals surface area contributed by atoms with Gasteiger partial charge in [0.2, 0.25) is 0 Å². The molecule has 3 heteroatoms. The van der Waals surface area contributed by atoms with E-state index in [-0.39, 0.29) is 0 Å². The van der Waals surface area contributed by atoms with E-state index in [0.717, 1.165) is 29.3 Å². The molecule has 16 heavy (non-hydrogen) atoms. The van der Waals surface area contributed by atoms with E-state index in [0.29, 0.717) is 0 Å². The molecule has 1 aliphatic heterocycles. The second-order valence-corrected chi connectivity index (χ2v) is 4.63. The fraction of sp³-hybridized carbons (Fsp3) is 0.538. The quantitative estimate of drug-likeness (QED) is 0.838. The third-order valence-electron chi connectivity index (χ3n) is 3.88. The fourth-order valence-electron chi connectivity index (χ4n) is 2.97. The van der Waals surface area contributed by atoms with E-state index in [4.69, 9.17) is 9.47 Å². The second-order valence-electron chi connectivity index (χ2n) is 4.63. The molecular formula is C13H17NO2. The van der Waals surface area contributed by atoms with Crippen LogP contribution in [-0.2, 0) is 0 Å². The molecule has 1 saturated carbocycles. The maximum Gasteiger partial charge on any atom is 0.160 e. The van der Waals surface area contributed by atoms with Crippen LogP contribution in [0.15, 0.2) is 18.2 Å². The summed E-state index contributed by atoms with van der Waals surface area (Å²) < 4.78 is 10.6. The van der Waals surface area contributed by atoms with Gasteiger partial charge in [-0.1, -0.05) is 6.07 Å². The maximum absolute atomic E-state index is 5.34. The van der Waals surface area contributed by atoms with E-state index >= 15 is 0 Å². The number of benzene rings is 1. The zero-order valence-electron chi connectivity index (χ0n) is 9.69. The third kappa shape index (κ3) is 1.39. The molecule has 2 aliphatic rings. The Kier molecular flexibility index (Phi) is 2.28. The van der Waals surface area contributed by atoms with Crippen molar-refractivity contribution in [3.63, 3.8) is 0 Å². The lowest BCUT2D eigenvalue weighted by molar-refractivity contribution is 0.354. The Morgan fingerprint density at radius 1 is 1.06 bits per heavy atom. The van der Waals surface area contributed by atoms with E-state index in [2.05, 4.69) is 17.4 Å². The monoisotopic (exact) mass is 219 g/mol. The van der Waals surface area contributed by atoms with Crippen molar-refractivity contribution in [2.45, 2.75) is 5.92 Å². The summed E-state index contributed by atoms with van der Waals surface area (Å²) in [5.74, 6) is 4.09. The smallest absolute Gasteiger partial charge is 0.160 e. The predicted octanol–water partition coefficient (Wildman–Crippen LogP) is 1.64. The number of piperidine rings is 1. The summed E-state index contributed by atoms with van der Waals surface area (Å²) in [6, 6.07) is 6.31. The van der Waals surface area contributed by atoms with Crippen LogP contribution >= 0.6 is 0 Å². The molecule has 1 aliphatic carbocycles. The van der Waals surface area contributed by atoms with Crippen LogP contribution in [0.25, 0.3) is 0 Å². The number of ether oxygens (including phenoxy) is 2. The van der Waals surface area contributed by atoms with Crippen LogP contribution in [0.2, 0.25) is 0 Å². The summed E-state index contributed by atoms with van der Waals surface area (Å²) in [5, 5.41) is 3.42. The van der Waals surface area contributed by atoms with E-state index < -0.39 is 0 Å². The Balaban J connectivity index is 1.86. The first-order valence-corrected chi connectivity index (χ1v) is 5.78. The summed E-state index contributed by atoms with van der Waals surface area (Å²) in [5.41, 5.74) is 1.40. The van der Waals surface area contributed by atoms with Crippen molar-refractivity contribution >= 4 is 0 Å². The highest BCUT2D eigenvalue weighted by molar-refractivity contribution is 5.46. The highest BCUT2D eigenvalue weighted by atomic mass is 16.5. The minimum Gasteiger partial charge on any atom is -0.493 e. The Bertz CT molecular complexity index is 395. The lowest BCUT2D eigenvalue weighted by Gasteiger charge is -2.10. The molecule has 2 unspecified atom stereocenters. The fourth-order valence-corrected chi connectivity index (χ4v) is 2.97. The molecule has 86 valence electrons. The number of hydrogen-bond acceptors (Lipinski definition) is 3. The summed E-state index contributed by atoms with van der Waals surface area (Å²) in [4.78, 5) is 0. The number of nitrogens with one attached hydrogen (secondary N) is 1. The van der Waals surface area contributed by atoms with E-state index in [1.807, 2.05) is 6.07 Å². The van der Waals surface area contributed by atoms with Crippen LogP contribution in [0, 0.1) is 11.8 Å². The molecule has 0 amide bonds. The molecule has 1 saturated heterocycles. The highest BCUT2D eigenvalue weighted by Crippen LogP contribution is 2.56. The van der Waals surface area contributed by atoms with Gasteiger partial charge in [-0.2, -0.15) is 0 Å². The third-order valence-corrected chi connectivity index (χ3v) is 3.88. The topological polar surface area (TPSA) is 30.5 Å². The van der Waals surface area contributed by atoms with Crippen molar-refractivity contribution in [3.05, 3.63) is 23.8 Å². The lowest BCUT2D eigenvalue weighted by atomic mass is 10.1. The van der Waals surface area contributed by atoms with Gasteiger partial charge in [0.15, 0.2) is 11.5 Å². The molecule has 3 nitrogen and oxygen atoms in total. The first kappa shape index (κ1) is 9.97. The summed E-state index contributed by atoms with van der Waals surface area (Å²) in [7, 11) is 3.37. The zero-order valence-corrected chi connectivity index (χ0v) is 9.69.